The molecule has 5 nitrogen and oxygen atoms in total. The number of carbonyl (C=O) groups is 1. The van der Waals surface area contributed by atoms with Gasteiger partial charge in [-0.15, -0.1) is 0 Å². The van der Waals surface area contributed by atoms with Gasteiger partial charge in [-0.1, -0.05) is 12.1 Å². The zero-order valence-electron chi connectivity index (χ0n) is 13.9. The van der Waals surface area contributed by atoms with E-state index in [9.17, 15) is 4.79 Å². The van der Waals surface area contributed by atoms with E-state index in [4.69, 9.17) is 14.2 Å². The van der Waals surface area contributed by atoms with Gasteiger partial charge < -0.3 is 19.1 Å². The molecule has 3 rings (SSSR count). The summed E-state index contributed by atoms with van der Waals surface area (Å²) in [5, 5.41) is 0. The summed E-state index contributed by atoms with van der Waals surface area (Å²) < 4.78 is 16.9. The lowest BCUT2D eigenvalue weighted by molar-refractivity contribution is -0.158. The summed E-state index contributed by atoms with van der Waals surface area (Å²) in [6.45, 7) is 2.15. The highest BCUT2D eigenvalue weighted by atomic mass is 16.5. The largest absolute Gasteiger partial charge is 0.497 e. The number of methoxy groups -OCH3 is 2. The Morgan fingerprint density at radius 1 is 1.39 bits per heavy atom. The van der Waals surface area contributed by atoms with Crippen LogP contribution in [0.1, 0.15) is 24.8 Å². The van der Waals surface area contributed by atoms with E-state index in [1.165, 1.54) is 0 Å². The molecule has 5 heteroatoms. The predicted molar refractivity (Wildman–Crippen MR) is 86.6 cm³/mol. The first-order valence-electron chi connectivity index (χ1n) is 8.24. The third kappa shape index (κ3) is 3.35. The molecule has 2 atom stereocenters. The highest BCUT2D eigenvalue weighted by Gasteiger charge is 2.47. The van der Waals surface area contributed by atoms with Gasteiger partial charge in [-0.25, -0.2) is 0 Å². The van der Waals surface area contributed by atoms with Gasteiger partial charge in [0.2, 0.25) is 5.91 Å². The van der Waals surface area contributed by atoms with Gasteiger partial charge in [0.25, 0.3) is 0 Å². The van der Waals surface area contributed by atoms with Crippen molar-refractivity contribution in [1.82, 2.24) is 4.90 Å². The van der Waals surface area contributed by atoms with Crippen molar-refractivity contribution in [2.45, 2.75) is 37.4 Å². The van der Waals surface area contributed by atoms with Gasteiger partial charge in [-0.2, -0.15) is 0 Å². The number of likely N-dealkylation sites (tertiary alicyclic amines) is 1. The summed E-state index contributed by atoms with van der Waals surface area (Å²) >= 11 is 0. The molecule has 1 aromatic carbocycles. The van der Waals surface area contributed by atoms with Gasteiger partial charge in [0.05, 0.1) is 19.1 Å². The SMILES string of the molecule is COc1cccc(CC(=O)N2CC[C@@]3(CCCO3)[C@@H](OC)C2)c1. The number of nitrogens with zero attached hydrogens (tertiary/aromatic N) is 1. The Balaban J connectivity index is 1.64. The van der Waals surface area contributed by atoms with Gasteiger partial charge in [-0.3, -0.25) is 4.79 Å². The fourth-order valence-corrected chi connectivity index (χ4v) is 3.70. The predicted octanol–water partition coefficient (Wildman–Crippen LogP) is 2.03. The van der Waals surface area contributed by atoms with E-state index in [1.54, 1.807) is 14.2 Å². The van der Waals surface area contributed by atoms with Crippen molar-refractivity contribution in [3.63, 3.8) is 0 Å². The summed E-state index contributed by atoms with van der Waals surface area (Å²) in [7, 11) is 3.35. The average molecular weight is 319 g/mol. The molecule has 0 radical (unpaired) electrons. The summed E-state index contributed by atoms with van der Waals surface area (Å²) in [6, 6.07) is 7.67. The molecule has 2 aliphatic rings. The molecule has 1 amide bonds. The van der Waals surface area contributed by atoms with Crippen LogP contribution in [0.4, 0.5) is 0 Å². The fourth-order valence-electron chi connectivity index (χ4n) is 3.70. The minimum atomic E-state index is -0.179. The molecular weight excluding hydrogens is 294 g/mol. The maximum absolute atomic E-state index is 12.6. The summed E-state index contributed by atoms with van der Waals surface area (Å²) in [5.41, 5.74) is 0.794. The first-order valence-corrected chi connectivity index (χ1v) is 8.24. The summed E-state index contributed by atoms with van der Waals surface area (Å²) in [4.78, 5) is 14.5. The number of amides is 1. The number of piperidine rings is 1. The Bertz CT molecular complexity index is 554. The van der Waals surface area contributed by atoms with Crippen LogP contribution in [0, 0.1) is 0 Å². The molecule has 2 heterocycles. The van der Waals surface area contributed by atoms with Crippen LogP contribution in [0.25, 0.3) is 0 Å². The van der Waals surface area contributed by atoms with E-state index in [1.807, 2.05) is 29.2 Å². The molecule has 2 saturated heterocycles. The number of benzene rings is 1. The molecule has 0 bridgehead atoms. The minimum Gasteiger partial charge on any atom is -0.497 e. The van der Waals surface area contributed by atoms with Gasteiger partial charge in [-0.05, 0) is 37.0 Å². The Hall–Kier alpha value is -1.59. The highest BCUT2D eigenvalue weighted by Crippen LogP contribution is 2.37. The number of hydrogen-bond donors (Lipinski definition) is 0. The first-order chi connectivity index (χ1) is 11.2. The van der Waals surface area contributed by atoms with Gasteiger partial charge in [0, 0.05) is 26.8 Å². The lowest BCUT2D eigenvalue weighted by Crippen LogP contribution is -2.57. The molecule has 0 aliphatic carbocycles. The van der Waals surface area contributed by atoms with Crippen LogP contribution in [0.2, 0.25) is 0 Å². The third-order valence-electron chi connectivity index (χ3n) is 5.04. The molecule has 1 spiro atoms. The summed E-state index contributed by atoms with van der Waals surface area (Å²) in [6.07, 6.45) is 3.32. The number of ether oxygens (including phenoxy) is 3. The topological polar surface area (TPSA) is 48.0 Å². The quantitative estimate of drug-likeness (QED) is 0.852. The Labute approximate surface area is 137 Å². The zero-order valence-corrected chi connectivity index (χ0v) is 13.9. The van der Waals surface area contributed by atoms with Crippen molar-refractivity contribution in [3.8, 4) is 5.75 Å². The maximum atomic E-state index is 12.6. The van der Waals surface area contributed by atoms with Crippen LogP contribution in [-0.2, 0) is 20.7 Å². The van der Waals surface area contributed by atoms with E-state index in [0.717, 1.165) is 43.7 Å². The van der Waals surface area contributed by atoms with E-state index >= 15 is 0 Å². The normalized spacial score (nSPS) is 27.4. The Morgan fingerprint density at radius 2 is 2.26 bits per heavy atom. The minimum absolute atomic E-state index is 0.0343. The van der Waals surface area contributed by atoms with Crippen molar-refractivity contribution in [1.29, 1.82) is 0 Å². The van der Waals surface area contributed by atoms with E-state index in [2.05, 4.69) is 0 Å². The number of hydrogen-bond acceptors (Lipinski definition) is 4. The molecule has 23 heavy (non-hydrogen) atoms. The van der Waals surface area contributed by atoms with Crippen LogP contribution in [0.3, 0.4) is 0 Å². The zero-order chi connectivity index (χ0) is 16.3. The van der Waals surface area contributed by atoms with Crippen molar-refractivity contribution >= 4 is 5.91 Å². The molecule has 2 fully saturated rings. The number of carbonyl (C=O) groups excluding carboxylic acids is 1. The first kappa shape index (κ1) is 16.3. The summed E-state index contributed by atoms with van der Waals surface area (Å²) in [5.74, 6) is 0.912. The maximum Gasteiger partial charge on any atom is 0.227 e. The van der Waals surface area contributed by atoms with Crippen molar-refractivity contribution in [2.24, 2.45) is 0 Å². The smallest absolute Gasteiger partial charge is 0.227 e. The lowest BCUT2D eigenvalue weighted by atomic mass is 9.85. The third-order valence-corrected chi connectivity index (χ3v) is 5.04. The van der Waals surface area contributed by atoms with E-state index in [-0.39, 0.29) is 17.6 Å². The van der Waals surface area contributed by atoms with Crippen molar-refractivity contribution in [3.05, 3.63) is 29.8 Å². The van der Waals surface area contributed by atoms with Crippen molar-refractivity contribution < 1.29 is 19.0 Å². The van der Waals surface area contributed by atoms with Gasteiger partial charge in [0.15, 0.2) is 0 Å². The van der Waals surface area contributed by atoms with E-state index in [0.29, 0.717) is 13.0 Å². The van der Waals surface area contributed by atoms with Crippen LogP contribution < -0.4 is 4.74 Å². The second-order valence-corrected chi connectivity index (χ2v) is 6.36. The van der Waals surface area contributed by atoms with Crippen molar-refractivity contribution in [2.75, 3.05) is 33.9 Å². The molecule has 2 aliphatic heterocycles. The second kappa shape index (κ2) is 6.89. The standard InChI is InChI=1S/C18H25NO4/c1-21-15-6-3-5-14(11-15)12-17(20)19-9-8-18(7-4-10-23-18)16(13-19)22-2/h3,5-6,11,16H,4,7-10,12-13H2,1-2H3/t16-,18-/m0/s1. The molecule has 0 unspecified atom stereocenters. The lowest BCUT2D eigenvalue weighted by Gasteiger charge is -2.44. The van der Waals surface area contributed by atoms with Crippen LogP contribution in [0.5, 0.6) is 5.75 Å². The number of rotatable bonds is 4. The monoisotopic (exact) mass is 319 g/mol. The Kier molecular flexibility index (Phi) is 4.87. The van der Waals surface area contributed by atoms with Gasteiger partial charge in [0.1, 0.15) is 11.9 Å². The highest BCUT2D eigenvalue weighted by molar-refractivity contribution is 5.79. The van der Waals surface area contributed by atoms with Crippen LogP contribution in [0.15, 0.2) is 24.3 Å². The molecule has 0 saturated carbocycles. The molecule has 0 aromatic heterocycles. The molecule has 0 N–H and O–H groups in total. The van der Waals surface area contributed by atoms with Gasteiger partial charge >= 0.3 is 0 Å². The van der Waals surface area contributed by atoms with E-state index < -0.39 is 0 Å². The average Bonchev–Trinajstić information content (AvgIpc) is 3.04. The molecule has 126 valence electrons. The molecule has 1 aromatic rings. The van der Waals surface area contributed by atoms with Crippen LogP contribution >= 0.6 is 0 Å². The second-order valence-electron chi connectivity index (χ2n) is 6.36. The fraction of sp³-hybridized carbons (Fsp3) is 0.611. The van der Waals surface area contributed by atoms with Crippen LogP contribution in [-0.4, -0.2) is 56.4 Å². The molecular formula is C18H25NO4. The Morgan fingerprint density at radius 3 is 2.96 bits per heavy atom.